The molecule has 170 valence electrons. The van der Waals surface area contributed by atoms with Crippen LogP contribution in [0.2, 0.25) is 0 Å². The van der Waals surface area contributed by atoms with E-state index >= 15 is 0 Å². The zero-order valence-electron chi connectivity index (χ0n) is 20.0. The van der Waals surface area contributed by atoms with Crippen LogP contribution in [0.15, 0.2) is 65.0 Å². The average Bonchev–Trinajstić information content (AvgIpc) is 2.72. The van der Waals surface area contributed by atoms with E-state index in [1.165, 1.54) is 0 Å². The summed E-state index contributed by atoms with van der Waals surface area (Å²) in [6.07, 6.45) is 5.21. The number of carbonyl (C=O) groups is 3. The Morgan fingerprint density at radius 3 is 2.19 bits per heavy atom. The minimum absolute atomic E-state index is 0.108. The highest BCUT2D eigenvalue weighted by Gasteiger charge is 2.69. The second kappa shape index (κ2) is 8.65. The molecule has 1 aromatic carbocycles. The molecule has 0 amide bonds. The Labute approximate surface area is 191 Å². The second-order valence-corrected chi connectivity index (χ2v) is 10.2. The number of aliphatic hydroxyl groups excluding tert-OH is 1. The smallest absolute Gasteiger partial charge is 0.184 e. The van der Waals surface area contributed by atoms with E-state index in [4.69, 9.17) is 0 Å². The van der Waals surface area contributed by atoms with Gasteiger partial charge >= 0.3 is 0 Å². The highest BCUT2D eigenvalue weighted by molar-refractivity contribution is 6.27. The van der Waals surface area contributed by atoms with Crippen LogP contribution in [-0.4, -0.2) is 22.5 Å². The van der Waals surface area contributed by atoms with Crippen LogP contribution in [-0.2, 0) is 9.59 Å². The predicted molar refractivity (Wildman–Crippen MR) is 126 cm³/mol. The molecule has 2 aliphatic carbocycles. The summed E-state index contributed by atoms with van der Waals surface area (Å²) in [5.41, 5.74) is 0.0779. The zero-order chi connectivity index (χ0) is 23.8. The maximum atomic E-state index is 14.1. The normalized spacial score (nSPS) is 26.6. The van der Waals surface area contributed by atoms with Gasteiger partial charge in [0.2, 0.25) is 0 Å². The minimum Gasteiger partial charge on any atom is -0.510 e. The van der Waals surface area contributed by atoms with E-state index in [0.717, 1.165) is 11.1 Å². The van der Waals surface area contributed by atoms with Crippen molar-refractivity contribution < 1.29 is 19.5 Å². The second-order valence-electron chi connectivity index (χ2n) is 10.2. The molecule has 0 aliphatic heterocycles. The van der Waals surface area contributed by atoms with Gasteiger partial charge in [-0.2, -0.15) is 0 Å². The van der Waals surface area contributed by atoms with Crippen LogP contribution in [0.5, 0.6) is 0 Å². The number of allylic oxidation sites excluding steroid dienone is 6. The molecule has 0 saturated heterocycles. The molecule has 1 N–H and O–H groups in total. The number of fused-ring (bicyclic) bond motifs is 2. The van der Waals surface area contributed by atoms with Gasteiger partial charge in [0.1, 0.15) is 5.76 Å². The van der Waals surface area contributed by atoms with Crippen LogP contribution in [0.1, 0.15) is 71.2 Å². The molecule has 0 spiro atoms. The third-order valence-corrected chi connectivity index (χ3v) is 7.35. The lowest BCUT2D eigenvalue weighted by atomic mass is 9.44. The van der Waals surface area contributed by atoms with E-state index in [9.17, 15) is 19.5 Å². The number of hydrogen-bond acceptors (Lipinski definition) is 4. The maximum Gasteiger partial charge on any atom is 0.184 e. The molecule has 4 nitrogen and oxygen atoms in total. The maximum absolute atomic E-state index is 14.1. The van der Waals surface area contributed by atoms with E-state index in [0.29, 0.717) is 18.4 Å². The van der Waals surface area contributed by atoms with Gasteiger partial charge in [-0.1, -0.05) is 67.5 Å². The van der Waals surface area contributed by atoms with Gasteiger partial charge in [0.05, 0.1) is 5.92 Å². The van der Waals surface area contributed by atoms with Gasteiger partial charge in [0, 0.05) is 11.1 Å². The summed E-state index contributed by atoms with van der Waals surface area (Å²) in [5, 5.41) is 11.6. The van der Waals surface area contributed by atoms with Crippen LogP contribution < -0.4 is 0 Å². The fourth-order valence-corrected chi connectivity index (χ4v) is 5.36. The van der Waals surface area contributed by atoms with Crippen LogP contribution in [0.25, 0.3) is 0 Å². The molecule has 3 rings (SSSR count). The van der Waals surface area contributed by atoms with E-state index in [1.54, 1.807) is 24.3 Å². The van der Waals surface area contributed by atoms with Gasteiger partial charge in [0.15, 0.2) is 22.8 Å². The molecular formula is C28H34O4. The van der Waals surface area contributed by atoms with Gasteiger partial charge in [0.25, 0.3) is 0 Å². The molecule has 4 heteroatoms. The molecular weight excluding hydrogens is 400 g/mol. The Morgan fingerprint density at radius 2 is 1.62 bits per heavy atom. The topological polar surface area (TPSA) is 71.4 Å². The number of carbonyl (C=O) groups excluding carboxylic acids is 3. The van der Waals surface area contributed by atoms with Crippen LogP contribution in [0.4, 0.5) is 0 Å². The van der Waals surface area contributed by atoms with Crippen molar-refractivity contribution in [3.8, 4) is 0 Å². The van der Waals surface area contributed by atoms with Crippen molar-refractivity contribution >= 4 is 17.3 Å². The summed E-state index contributed by atoms with van der Waals surface area (Å²) in [6, 6.07) is 8.66. The van der Waals surface area contributed by atoms with Crippen molar-refractivity contribution in [2.75, 3.05) is 0 Å². The van der Waals surface area contributed by atoms with Crippen molar-refractivity contribution in [1.82, 2.24) is 0 Å². The summed E-state index contributed by atoms with van der Waals surface area (Å²) in [5.74, 6) is -2.55. The Bertz CT molecular complexity index is 1030. The van der Waals surface area contributed by atoms with Crippen molar-refractivity contribution in [2.24, 2.45) is 22.7 Å². The van der Waals surface area contributed by atoms with E-state index in [1.807, 2.05) is 53.7 Å². The van der Waals surface area contributed by atoms with Gasteiger partial charge < -0.3 is 5.11 Å². The molecule has 0 heterocycles. The Hall–Kier alpha value is -2.75. The van der Waals surface area contributed by atoms with E-state index in [-0.39, 0.29) is 29.5 Å². The standard InChI is InChI=1S/C28H34O4/c1-17(2)12-14-20-16-22-23(29)21(15-13-18(3)4)25(31)28(26(22)32,27(20,5)6)24(30)19-10-8-7-9-11-19/h7-13,20,22,31H,14-16H2,1-6H3. The number of Topliss-reactive ketones (excluding diaryl/α,β-unsaturated/α-hetero) is 3. The van der Waals surface area contributed by atoms with Crippen molar-refractivity contribution in [3.63, 3.8) is 0 Å². The van der Waals surface area contributed by atoms with Crippen molar-refractivity contribution in [3.05, 3.63) is 70.5 Å². The lowest BCUT2D eigenvalue weighted by Crippen LogP contribution is -2.64. The molecule has 2 bridgehead atoms. The largest absolute Gasteiger partial charge is 0.510 e. The van der Waals surface area contributed by atoms with Crippen LogP contribution in [0.3, 0.4) is 0 Å². The zero-order valence-corrected chi connectivity index (χ0v) is 20.0. The number of aliphatic hydroxyl groups is 1. The number of benzene rings is 1. The first-order valence-electron chi connectivity index (χ1n) is 11.3. The van der Waals surface area contributed by atoms with E-state index in [2.05, 4.69) is 6.08 Å². The molecule has 1 saturated carbocycles. The van der Waals surface area contributed by atoms with E-state index < -0.39 is 28.3 Å². The third kappa shape index (κ3) is 3.60. The number of hydrogen-bond donors (Lipinski definition) is 1. The molecule has 1 aromatic rings. The molecule has 3 atom stereocenters. The quantitative estimate of drug-likeness (QED) is 0.329. The highest BCUT2D eigenvalue weighted by Crippen LogP contribution is 2.62. The summed E-state index contributed by atoms with van der Waals surface area (Å²) >= 11 is 0. The molecule has 2 aliphatic rings. The molecule has 32 heavy (non-hydrogen) atoms. The fraction of sp³-hybridized carbons (Fsp3) is 0.464. The summed E-state index contributed by atoms with van der Waals surface area (Å²) < 4.78 is 0. The lowest BCUT2D eigenvalue weighted by molar-refractivity contribution is -0.152. The summed E-state index contributed by atoms with van der Waals surface area (Å²) in [6.45, 7) is 11.6. The molecule has 0 radical (unpaired) electrons. The molecule has 0 aromatic heterocycles. The van der Waals surface area contributed by atoms with Gasteiger partial charge in [-0.3, -0.25) is 14.4 Å². The third-order valence-electron chi connectivity index (χ3n) is 7.35. The van der Waals surface area contributed by atoms with Crippen LogP contribution >= 0.6 is 0 Å². The van der Waals surface area contributed by atoms with Gasteiger partial charge in [-0.05, 0) is 58.3 Å². The van der Waals surface area contributed by atoms with Crippen molar-refractivity contribution in [2.45, 2.75) is 60.8 Å². The lowest BCUT2D eigenvalue weighted by Gasteiger charge is -2.55. The predicted octanol–water partition coefficient (Wildman–Crippen LogP) is 6.19. The highest BCUT2D eigenvalue weighted by atomic mass is 16.3. The fourth-order valence-electron chi connectivity index (χ4n) is 5.36. The Morgan fingerprint density at radius 1 is 1.03 bits per heavy atom. The van der Waals surface area contributed by atoms with Crippen molar-refractivity contribution in [1.29, 1.82) is 0 Å². The first-order chi connectivity index (χ1) is 15.0. The first kappa shape index (κ1) is 23.9. The van der Waals surface area contributed by atoms with Gasteiger partial charge in [-0.25, -0.2) is 0 Å². The SMILES string of the molecule is CC(C)=CCC1=C(O)C2(C(=O)c3ccccc3)C(=O)C(CC(CC=C(C)C)C2(C)C)C1=O. The Kier molecular flexibility index (Phi) is 6.46. The minimum atomic E-state index is -1.77. The number of rotatable bonds is 6. The van der Waals surface area contributed by atoms with Crippen LogP contribution in [0, 0.1) is 22.7 Å². The summed E-state index contributed by atoms with van der Waals surface area (Å²) in [7, 11) is 0. The van der Waals surface area contributed by atoms with Gasteiger partial charge in [-0.15, -0.1) is 0 Å². The first-order valence-corrected chi connectivity index (χ1v) is 11.3. The molecule has 3 unspecified atom stereocenters. The monoisotopic (exact) mass is 434 g/mol. The Balaban J connectivity index is 2.32. The summed E-state index contributed by atoms with van der Waals surface area (Å²) in [4.78, 5) is 41.3. The molecule has 1 fully saturated rings. The number of ketones is 3. The average molecular weight is 435 g/mol.